The van der Waals surface area contributed by atoms with Crippen LogP contribution in [0.3, 0.4) is 0 Å². The number of anilines is 1. The Hall–Kier alpha value is -0.750. The summed E-state index contributed by atoms with van der Waals surface area (Å²) in [7, 11) is -2.91. The van der Waals surface area contributed by atoms with Crippen molar-refractivity contribution in [2.45, 2.75) is 11.3 Å². The number of halogens is 1. The lowest BCUT2D eigenvalue weighted by Gasteiger charge is -2.03. The van der Waals surface area contributed by atoms with Crippen LogP contribution in [0.1, 0.15) is 6.42 Å². The molecule has 1 aromatic carbocycles. The van der Waals surface area contributed by atoms with E-state index in [1.165, 1.54) is 30.2 Å². The maximum atomic E-state index is 12.9. The van der Waals surface area contributed by atoms with Gasteiger partial charge in [0, 0.05) is 16.8 Å². The molecule has 0 atom stereocenters. The van der Waals surface area contributed by atoms with Gasteiger partial charge in [0.15, 0.2) is 0 Å². The fourth-order valence-electron chi connectivity index (χ4n) is 1.18. The highest BCUT2D eigenvalue weighted by atomic mass is 32.2. The average molecular weight is 263 g/mol. The lowest BCUT2D eigenvalue weighted by molar-refractivity contribution is 0.600. The first-order valence-electron chi connectivity index (χ1n) is 4.73. The Kier molecular flexibility index (Phi) is 4.61. The zero-order chi connectivity index (χ0) is 12.2. The lowest BCUT2D eigenvalue weighted by Crippen LogP contribution is -2.03. The normalized spacial score (nSPS) is 11.6. The zero-order valence-corrected chi connectivity index (χ0v) is 10.6. The number of benzene rings is 1. The number of thioether (sulfide) groups is 1. The maximum absolute atomic E-state index is 12.9. The second kappa shape index (κ2) is 5.54. The van der Waals surface area contributed by atoms with Crippen LogP contribution in [0, 0.1) is 5.82 Å². The van der Waals surface area contributed by atoms with E-state index < -0.39 is 9.84 Å². The minimum absolute atomic E-state index is 0.158. The highest BCUT2D eigenvalue weighted by molar-refractivity contribution is 7.99. The third-order valence-corrected chi connectivity index (χ3v) is 3.91. The molecule has 3 nitrogen and oxygen atoms in total. The van der Waals surface area contributed by atoms with Crippen LogP contribution in [0.15, 0.2) is 23.1 Å². The quantitative estimate of drug-likeness (QED) is 0.501. The van der Waals surface area contributed by atoms with Crippen molar-refractivity contribution in [2.24, 2.45) is 0 Å². The van der Waals surface area contributed by atoms with Gasteiger partial charge in [-0.15, -0.1) is 11.8 Å². The first kappa shape index (κ1) is 13.3. The summed E-state index contributed by atoms with van der Waals surface area (Å²) in [4.78, 5) is 0.728. The van der Waals surface area contributed by atoms with Gasteiger partial charge in [0.25, 0.3) is 0 Å². The molecular formula is C10H14FNO2S2. The lowest BCUT2D eigenvalue weighted by atomic mass is 10.3. The smallest absolute Gasteiger partial charge is 0.147 e. The Labute approximate surface area is 99.1 Å². The molecule has 0 unspecified atom stereocenters. The molecule has 0 saturated heterocycles. The van der Waals surface area contributed by atoms with Crippen LogP contribution in [0.4, 0.5) is 10.1 Å². The highest BCUT2D eigenvalue weighted by Gasteiger charge is 2.03. The second-order valence-corrected chi connectivity index (χ2v) is 6.98. The third-order valence-electron chi connectivity index (χ3n) is 1.82. The van der Waals surface area contributed by atoms with Crippen molar-refractivity contribution in [3.8, 4) is 0 Å². The molecule has 1 rings (SSSR count). The highest BCUT2D eigenvalue weighted by Crippen LogP contribution is 2.22. The molecular weight excluding hydrogens is 249 g/mol. The summed E-state index contributed by atoms with van der Waals surface area (Å²) in [5.74, 6) is 0.423. The van der Waals surface area contributed by atoms with E-state index in [9.17, 15) is 12.8 Å². The van der Waals surface area contributed by atoms with Crippen LogP contribution in [-0.2, 0) is 9.84 Å². The van der Waals surface area contributed by atoms with Crippen molar-refractivity contribution in [1.82, 2.24) is 0 Å². The number of hydrogen-bond acceptors (Lipinski definition) is 4. The number of nitrogen functional groups attached to an aromatic ring is 1. The topological polar surface area (TPSA) is 60.2 Å². The van der Waals surface area contributed by atoms with Crippen LogP contribution in [0.2, 0.25) is 0 Å². The van der Waals surface area contributed by atoms with Gasteiger partial charge in [0.05, 0.1) is 5.75 Å². The average Bonchev–Trinajstić information content (AvgIpc) is 2.09. The minimum atomic E-state index is -2.91. The minimum Gasteiger partial charge on any atom is -0.399 e. The van der Waals surface area contributed by atoms with Crippen LogP contribution in [0.25, 0.3) is 0 Å². The van der Waals surface area contributed by atoms with Gasteiger partial charge in [0.1, 0.15) is 15.7 Å². The van der Waals surface area contributed by atoms with Crippen molar-refractivity contribution in [3.63, 3.8) is 0 Å². The van der Waals surface area contributed by atoms with Gasteiger partial charge in [-0.25, -0.2) is 12.8 Å². The fourth-order valence-corrected chi connectivity index (χ4v) is 2.97. The van der Waals surface area contributed by atoms with Gasteiger partial charge in [-0.05, 0) is 30.4 Å². The van der Waals surface area contributed by atoms with Gasteiger partial charge in [-0.2, -0.15) is 0 Å². The molecule has 0 heterocycles. The Morgan fingerprint density at radius 3 is 2.62 bits per heavy atom. The van der Waals surface area contributed by atoms with Crippen LogP contribution >= 0.6 is 11.8 Å². The first-order chi connectivity index (χ1) is 7.37. The molecule has 2 N–H and O–H groups in total. The van der Waals surface area contributed by atoms with Crippen molar-refractivity contribution < 1.29 is 12.8 Å². The molecule has 16 heavy (non-hydrogen) atoms. The summed E-state index contributed by atoms with van der Waals surface area (Å²) >= 11 is 1.40. The van der Waals surface area contributed by atoms with Gasteiger partial charge in [0.2, 0.25) is 0 Å². The van der Waals surface area contributed by atoms with Crippen molar-refractivity contribution in [1.29, 1.82) is 0 Å². The van der Waals surface area contributed by atoms with E-state index in [0.29, 0.717) is 17.9 Å². The van der Waals surface area contributed by atoms with E-state index in [2.05, 4.69) is 0 Å². The van der Waals surface area contributed by atoms with Crippen LogP contribution in [0.5, 0.6) is 0 Å². The Bertz CT molecular complexity index is 440. The molecule has 0 aliphatic heterocycles. The third kappa shape index (κ3) is 5.37. The fraction of sp³-hybridized carbons (Fsp3) is 0.400. The van der Waals surface area contributed by atoms with Crippen LogP contribution in [-0.4, -0.2) is 26.2 Å². The van der Waals surface area contributed by atoms with Crippen molar-refractivity contribution in [2.75, 3.05) is 23.5 Å². The molecule has 6 heteroatoms. The number of sulfone groups is 1. The van der Waals surface area contributed by atoms with Crippen molar-refractivity contribution >= 4 is 27.3 Å². The van der Waals surface area contributed by atoms with Gasteiger partial charge in [-0.3, -0.25) is 0 Å². The maximum Gasteiger partial charge on any atom is 0.147 e. The van der Waals surface area contributed by atoms with Gasteiger partial charge in [-0.1, -0.05) is 0 Å². The predicted octanol–water partition coefficient (Wildman–Crippen LogP) is 1.93. The molecule has 0 aromatic heterocycles. The predicted molar refractivity (Wildman–Crippen MR) is 65.9 cm³/mol. The van der Waals surface area contributed by atoms with E-state index >= 15 is 0 Å². The molecule has 0 amide bonds. The van der Waals surface area contributed by atoms with E-state index in [0.717, 1.165) is 4.90 Å². The van der Waals surface area contributed by atoms with Gasteiger partial charge >= 0.3 is 0 Å². The summed E-state index contributed by atoms with van der Waals surface area (Å²) in [6, 6.07) is 4.32. The molecule has 1 aromatic rings. The molecule has 0 spiro atoms. The molecule has 0 bridgehead atoms. The Balaban J connectivity index is 2.43. The molecule has 0 radical (unpaired) electrons. The summed E-state index contributed by atoms with van der Waals surface area (Å²) in [6.07, 6.45) is 1.76. The van der Waals surface area contributed by atoms with Gasteiger partial charge < -0.3 is 5.73 Å². The monoisotopic (exact) mass is 263 g/mol. The van der Waals surface area contributed by atoms with Crippen molar-refractivity contribution in [3.05, 3.63) is 24.0 Å². The molecule has 0 saturated carbocycles. The standard InChI is InChI=1S/C10H14FNO2S2/c1-16(13,14)4-2-3-15-10-6-8(11)5-9(12)7-10/h5-7H,2-4,12H2,1H3. The van der Waals surface area contributed by atoms with E-state index in [-0.39, 0.29) is 11.6 Å². The summed E-state index contributed by atoms with van der Waals surface area (Å²) in [6.45, 7) is 0. The number of rotatable bonds is 5. The van der Waals surface area contributed by atoms with E-state index in [1.54, 1.807) is 6.07 Å². The van der Waals surface area contributed by atoms with E-state index in [1.807, 2.05) is 0 Å². The number of hydrogen-bond donors (Lipinski definition) is 1. The summed E-state index contributed by atoms with van der Waals surface area (Å²) < 4.78 is 34.7. The molecule has 0 aliphatic rings. The Morgan fingerprint density at radius 1 is 1.38 bits per heavy atom. The molecule has 0 aliphatic carbocycles. The molecule has 90 valence electrons. The summed E-state index contributed by atoms with van der Waals surface area (Å²) in [5.41, 5.74) is 5.86. The van der Waals surface area contributed by atoms with Crippen LogP contribution < -0.4 is 5.73 Å². The SMILES string of the molecule is CS(=O)(=O)CCCSc1cc(N)cc(F)c1. The largest absolute Gasteiger partial charge is 0.399 e. The second-order valence-electron chi connectivity index (χ2n) is 3.55. The number of nitrogens with two attached hydrogens (primary N) is 1. The molecule has 0 fully saturated rings. The first-order valence-corrected chi connectivity index (χ1v) is 7.78. The Morgan fingerprint density at radius 2 is 2.06 bits per heavy atom. The zero-order valence-electron chi connectivity index (χ0n) is 8.94. The van der Waals surface area contributed by atoms with E-state index in [4.69, 9.17) is 5.73 Å². The summed E-state index contributed by atoms with van der Waals surface area (Å²) in [5, 5.41) is 0.